The standard InChI is InChI=1S/C42H60N4O10/c1-11-32-42(8)36(46(43)40(51)56-42)25(4)33(47)23(2)21-41(7,52-18-14-15-28-20-29-16-12-13-17-30(29)44-22-28)37(26(5)34(48)27(6)38(50)54-32)55-39-35(49)31(45(9)10)19-24(3)53-39/h12-17,20,22-27,31-32,35-37,39,49H,11,18-19,21,43H2,1-10H3/b15-14+/t23-,24-,25+,26+,27-,31+,32-,35-,36-,37-,39+,41+,42-/m1/s1. The van der Waals surface area contributed by atoms with Crippen LogP contribution in [0.5, 0.6) is 0 Å². The Morgan fingerprint density at radius 1 is 1.05 bits per heavy atom. The summed E-state index contributed by atoms with van der Waals surface area (Å²) >= 11 is 0. The minimum absolute atomic E-state index is 0.0424. The summed E-state index contributed by atoms with van der Waals surface area (Å²) in [5.41, 5.74) is -1.17. The topological polar surface area (TPSA) is 180 Å². The molecule has 1 aromatic carbocycles. The van der Waals surface area contributed by atoms with Gasteiger partial charge in [-0.25, -0.2) is 15.6 Å². The Labute approximate surface area is 330 Å². The number of aliphatic hydroxyl groups excluding tert-OH is 1. The van der Waals surface area contributed by atoms with Gasteiger partial charge in [0, 0.05) is 35.4 Å². The second-order valence-electron chi connectivity index (χ2n) is 16.6. The van der Waals surface area contributed by atoms with E-state index in [1.54, 1.807) is 47.7 Å². The first kappa shape index (κ1) is 43.3. The second kappa shape index (κ2) is 17.4. The number of hydrazine groups is 1. The first-order valence-corrected chi connectivity index (χ1v) is 19.7. The number of hydrogen-bond donors (Lipinski definition) is 2. The highest BCUT2D eigenvalue weighted by Crippen LogP contribution is 2.42. The van der Waals surface area contributed by atoms with Crippen molar-refractivity contribution in [1.29, 1.82) is 0 Å². The molecule has 4 heterocycles. The number of hydrogen-bond acceptors (Lipinski definition) is 13. The van der Waals surface area contributed by atoms with Gasteiger partial charge in [-0.1, -0.05) is 58.0 Å². The summed E-state index contributed by atoms with van der Waals surface area (Å²) in [6.45, 7) is 13.6. The number of pyridine rings is 1. The van der Waals surface area contributed by atoms with Crippen molar-refractivity contribution in [3.63, 3.8) is 0 Å². The molecular weight excluding hydrogens is 720 g/mol. The fraction of sp³-hybridized carbons (Fsp3) is 0.643. The molecule has 1 amide bonds. The van der Waals surface area contributed by atoms with Gasteiger partial charge >= 0.3 is 12.1 Å². The zero-order valence-corrected chi connectivity index (χ0v) is 34.3. The lowest BCUT2D eigenvalue weighted by Crippen LogP contribution is -2.61. The molecule has 1 aromatic heterocycles. The molecule has 0 spiro atoms. The van der Waals surface area contributed by atoms with E-state index in [9.17, 15) is 24.3 Å². The number of ether oxygens (including phenoxy) is 5. The summed E-state index contributed by atoms with van der Waals surface area (Å²) < 4.78 is 31.4. The van der Waals surface area contributed by atoms with Crippen molar-refractivity contribution >= 4 is 40.6 Å². The maximum atomic E-state index is 14.5. The average Bonchev–Trinajstić information content (AvgIpc) is 3.40. The van der Waals surface area contributed by atoms with Crippen LogP contribution in [0.1, 0.15) is 80.2 Å². The third-order valence-corrected chi connectivity index (χ3v) is 12.1. The van der Waals surface area contributed by atoms with Crippen molar-refractivity contribution < 1.29 is 48.0 Å². The van der Waals surface area contributed by atoms with Crippen LogP contribution in [0.3, 0.4) is 0 Å². The average molecular weight is 781 g/mol. The maximum Gasteiger partial charge on any atom is 0.425 e. The molecule has 14 nitrogen and oxygen atoms in total. The Bertz CT molecular complexity index is 1790. The van der Waals surface area contributed by atoms with Gasteiger partial charge in [0.2, 0.25) is 0 Å². The molecule has 3 aliphatic rings. The van der Waals surface area contributed by atoms with Gasteiger partial charge in [0.1, 0.15) is 30.0 Å². The van der Waals surface area contributed by atoms with Gasteiger partial charge in [-0.2, -0.15) is 0 Å². The van der Waals surface area contributed by atoms with Crippen molar-refractivity contribution in [2.75, 3.05) is 20.7 Å². The molecular formula is C42H60N4O10. The number of likely N-dealkylation sites (N-methyl/N-ethyl adjacent to an activating group) is 1. The van der Waals surface area contributed by atoms with Crippen molar-refractivity contribution in [3.8, 4) is 0 Å². The zero-order chi connectivity index (χ0) is 41.3. The highest BCUT2D eigenvalue weighted by atomic mass is 16.7. The van der Waals surface area contributed by atoms with E-state index in [1.165, 1.54) is 6.92 Å². The lowest BCUT2D eigenvalue weighted by Gasteiger charge is -2.47. The first-order valence-electron chi connectivity index (χ1n) is 19.7. The number of para-hydroxylation sites is 1. The minimum atomic E-state index is -1.49. The fourth-order valence-electron chi connectivity index (χ4n) is 8.95. The highest BCUT2D eigenvalue weighted by molar-refractivity contribution is 6.00. The number of nitrogens with two attached hydrogens (primary N) is 1. The largest absolute Gasteiger partial charge is 0.458 e. The van der Waals surface area contributed by atoms with Crippen LogP contribution >= 0.6 is 0 Å². The summed E-state index contributed by atoms with van der Waals surface area (Å²) in [7, 11) is 3.73. The molecule has 308 valence electrons. The molecule has 5 rings (SSSR count). The molecule has 3 fully saturated rings. The molecule has 13 atom stereocenters. The number of carbonyl (C=O) groups excluding carboxylic acids is 4. The number of carbonyl (C=O) groups is 4. The number of Topliss-reactive ketones (excluding diaryl/α,β-unsaturated/α-hetero) is 2. The van der Waals surface area contributed by atoms with Gasteiger partial charge in [-0.3, -0.25) is 19.4 Å². The van der Waals surface area contributed by atoms with E-state index in [0.29, 0.717) is 6.42 Å². The lowest BCUT2D eigenvalue weighted by atomic mass is 9.73. The van der Waals surface area contributed by atoms with Crippen LogP contribution in [0, 0.1) is 23.7 Å². The minimum Gasteiger partial charge on any atom is -0.458 e. The molecule has 0 unspecified atom stereocenters. The Hall–Kier alpha value is -3.79. The van der Waals surface area contributed by atoms with E-state index in [0.717, 1.165) is 21.5 Å². The number of cyclic esters (lactones) is 1. The van der Waals surface area contributed by atoms with Gasteiger partial charge in [-0.05, 0) is 78.7 Å². The van der Waals surface area contributed by atoms with Crippen molar-refractivity contribution in [3.05, 3.63) is 48.2 Å². The number of aliphatic hydroxyl groups is 1. The molecule has 3 N–H and O–H groups in total. The molecule has 3 aliphatic heterocycles. The Morgan fingerprint density at radius 3 is 2.43 bits per heavy atom. The molecule has 56 heavy (non-hydrogen) atoms. The number of benzene rings is 1. The number of aromatic nitrogens is 1. The number of rotatable bonds is 8. The monoisotopic (exact) mass is 780 g/mol. The van der Waals surface area contributed by atoms with Crippen LogP contribution in [-0.2, 0) is 38.1 Å². The number of ketones is 2. The Kier molecular flexibility index (Phi) is 13.4. The van der Waals surface area contributed by atoms with E-state index < -0.39 is 83.4 Å². The second-order valence-corrected chi connectivity index (χ2v) is 16.6. The smallest absolute Gasteiger partial charge is 0.425 e. The fourth-order valence-corrected chi connectivity index (χ4v) is 8.95. The van der Waals surface area contributed by atoms with Crippen LogP contribution in [0.15, 0.2) is 42.6 Å². The van der Waals surface area contributed by atoms with E-state index in [-0.39, 0.29) is 37.4 Å². The third kappa shape index (κ3) is 8.70. The van der Waals surface area contributed by atoms with E-state index in [2.05, 4.69) is 4.98 Å². The summed E-state index contributed by atoms with van der Waals surface area (Å²) in [4.78, 5) is 62.2. The number of fused-ring (bicyclic) bond motifs is 2. The Balaban J connectivity index is 1.57. The van der Waals surface area contributed by atoms with Crippen LogP contribution in [0.4, 0.5) is 4.79 Å². The molecule has 0 aliphatic carbocycles. The van der Waals surface area contributed by atoms with Crippen molar-refractivity contribution in [2.45, 2.75) is 129 Å². The van der Waals surface area contributed by atoms with Gasteiger partial charge in [0.25, 0.3) is 0 Å². The normalized spacial score (nSPS) is 37.8. The van der Waals surface area contributed by atoms with Crippen molar-refractivity contribution in [2.24, 2.45) is 29.5 Å². The quantitative estimate of drug-likeness (QED) is 0.163. The van der Waals surface area contributed by atoms with Crippen LogP contribution in [0.25, 0.3) is 17.0 Å². The van der Waals surface area contributed by atoms with Gasteiger partial charge < -0.3 is 33.7 Å². The van der Waals surface area contributed by atoms with Crippen LogP contribution in [0.2, 0.25) is 0 Å². The number of nitrogens with zero attached hydrogens (tertiary/aromatic N) is 3. The molecule has 0 radical (unpaired) electrons. The highest BCUT2D eigenvalue weighted by Gasteiger charge is 2.60. The van der Waals surface area contributed by atoms with Crippen LogP contribution in [-0.4, -0.2) is 118 Å². The van der Waals surface area contributed by atoms with E-state index >= 15 is 0 Å². The summed E-state index contributed by atoms with van der Waals surface area (Å²) in [6.07, 6.45) is 0.716. The third-order valence-electron chi connectivity index (χ3n) is 12.1. The van der Waals surface area contributed by atoms with Crippen LogP contribution < -0.4 is 5.84 Å². The molecule has 3 saturated heterocycles. The molecule has 2 aromatic rings. The summed E-state index contributed by atoms with van der Waals surface area (Å²) in [5, 5.41) is 13.5. The number of amides is 1. The first-order chi connectivity index (χ1) is 26.3. The van der Waals surface area contributed by atoms with E-state index in [4.69, 9.17) is 29.5 Å². The molecule has 0 bridgehead atoms. The van der Waals surface area contributed by atoms with Crippen molar-refractivity contribution in [1.82, 2.24) is 14.9 Å². The summed E-state index contributed by atoms with van der Waals surface area (Å²) in [5.74, 6) is 0.830. The van der Waals surface area contributed by atoms with Gasteiger partial charge in [0.15, 0.2) is 17.7 Å². The zero-order valence-electron chi connectivity index (χ0n) is 34.3. The molecule has 0 saturated carbocycles. The lowest BCUT2D eigenvalue weighted by molar-refractivity contribution is -0.296. The van der Waals surface area contributed by atoms with Gasteiger partial charge in [0.05, 0.1) is 29.9 Å². The molecule has 14 heteroatoms. The summed E-state index contributed by atoms with van der Waals surface area (Å²) in [6, 6.07) is 8.49. The number of esters is 1. The SMILES string of the molecule is CC[C@H]1OC(=O)[C@H](C)C(=O)[C@H](C)[C@@H](O[C@@H]2O[C@H](C)C[C@H](N(C)C)[C@H]2O)[C@@](C)(OC/C=C/c2cnc3ccccc3c2)C[C@@H](C)C(=O)[C@H](C)[C@H]2N(N)C(=O)O[C@]12C. The maximum absolute atomic E-state index is 14.5. The Morgan fingerprint density at radius 2 is 1.75 bits per heavy atom. The predicted molar refractivity (Wildman–Crippen MR) is 209 cm³/mol. The predicted octanol–water partition coefficient (Wildman–Crippen LogP) is 4.70. The van der Waals surface area contributed by atoms with E-state index in [1.807, 2.05) is 68.4 Å². The van der Waals surface area contributed by atoms with Gasteiger partial charge in [-0.15, -0.1) is 0 Å².